The zero-order valence-corrected chi connectivity index (χ0v) is 10.9. The summed E-state index contributed by atoms with van der Waals surface area (Å²) in [6.45, 7) is -1.26. The van der Waals surface area contributed by atoms with Crippen LogP contribution in [-0.4, -0.2) is 18.6 Å². The number of halogens is 4. The van der Waals surface area contributed by atoms with Crippen LogP contribution in [0.2, 0.25) is 0 Å². The van der Waals surface area contributed by atoms with Crippen LogP contribution in [-0.2, 0) is 4.79 Å². The van der Waals surface area contributed by atoms with Crippen molar-refractivity contribution in [3.8, 4) is 0 Å². The first-order valence-corrected chi connectivity index (χ1v) is 6.26. The molecule has 2 nitrogen and oxygen atoms in total. The van der Waals surface area contributed by atoms with Gasteiger partial charge in [-0.2, -0.15) is 13.2 Å². The fourth-order valence-corrected chi connectivity index (χ4v) is 2.33. The van der Waals surface area contributed by atoms with Gasteiger partial charge in [0, 0.05) is 10.4 Å². The summed E-state index contributed by atoms with van der Waals surface area (Å²) in [5, 5.41) is 1.92. The van der Waals surface area contributed by atoms with Crippen molar-refractivity contribution in [2.75, 3.05) is 6.54 Å². The Balaban J connectivity index is 1.89. The number of carbonyl (C=O) groups excluding carboxylic acids is 1. The van der Waals surface area contributed by atoms with Crippen LogP contribution in [0.1, 0.15) is 17.9 Å². The number of hydrogen-bond acceptors (Lipinski definition) is 1. The van der Waals surface area contributed by atoms with Gasteiger partial charge in [-0.1, -0.05) is 28.1 Å². The van der Waals surface area contributed by atoms with Crippen LogP contribution in [0, 0.1) is 5.92 Å². The minimum atomic E-state index is -4.35. The van der Waals surface area contributed by atoms with Crippen molar-refractivity contribution in [3.05, 3.63) is 34.3 Å². The molecule has 1 aromatic carbocycles. The molecule has 0 aliphatic heterocycles. The maximum atomic E-state index is 12.0. The smallest absolute Gasteiger partial charge is 0.347 e. The Morgan fingerprint density at radius 3 is 2.78 bits per heavy atom. The van der Waals surface area contributed by atoms with Gasteiger partial charge in [0.2, 0.25) is 5.91 Å². The van der Waals surface area contributed by atoms with Gasteiger partial charge in [0.05, 0.1) is 0 Å². The molecule has 0 saturated heterocycles. The number of carbonyl (C=O) groups is 1. The van der Waals surface area contributed by atoms with E-state index in [0.29, 0.717) is 6.42 Å². The monoisotopic (exact) mass is 321 g/mol. The highest BCUT2D eigenvalue weighted by Gasteiger charge is 2.44. The quantitative estimate of drug-likeness (QED) is 0.909. The molecule has 1 saturated carbocycles. The molecule has 0 bridgehead atoms. The Bertz CT molecular complexity index is 461. The lowest BCUT2D eigenvalue weighted by molar-refractivity contribution is -0.139. The second-order valence-corrected chi connectivity index (χ2v) is 5.25. The molecule has 2 atom stereocenters. The number of nitrogens with one attached hydrogen (secondary N) is 1. The molecule has 0 radical (unpaired) electrons. The van der Waals surface area contributed by atoms with Gasteiger partial charge in [-0.05, 0) is 30.0 Å². The standard InChI is InChI=1S/C12H11BrF3NO/c13-8-3-1-2-7(4-8)9-5-10(9)11(18)17-6-12(14,15)16/h1-4,9-10H,5-6H2,(H,17,18)/t9-,10-/m0/s1. The topological polar surface area (TPSA) is 29.1 Å². The van der Waals surface area contributed by atoms with Gasteiger partial charge in [-0.25, -0.2) is 0 Å². The normalized spacial score (nSPS) is 22.7. The number of amides is 1. The zero-order valence-electron chi connectivity index (χ0n) is 9.30. The summed E-state index contributed by atoms with van der Waals surface area (Å²) in [7, 11) is 0. The van der Waals surface area contributed by atoms with Crippen molar-refractivity contribution in [1.82, 2.24) is 5.32 Å². The highest BCUT2D eigenvalue weighted by atomic mass is 79.9. The van der Waals surface area contributed by atoms with E-state index < -0.39 is 18.6 Å². The van der Waals surface area contributed by atoms with Crippen LogP contribution >= 0.6 is 15.9 Å². The zero-order chi connectivity index (χ0) is 13.3. The molecule has 2 rings (SSSR count). The summed E-state index contributed by atoms with van der Waals surface area (Å²) < 4.78 is 36.8. The summed E-state index contributed by atoms with van der Waals surface area (Å²) in [4.78, 5) is 11.5. The lowest BCUT2D eigenvalue weighted by atomic mass is 10.1. The summed E-state index contributed by atoms with van der Waals surface area (Å²) in [6, 6.07) is 7.49. The van der Waals surface area contributed by atoms with Crippen LogP contribution < -0.4 is 5.32 Å². The van der Waals surface area contributed by atoms with Crippen molar-refractivity contribution in [3.63, 3.8) is 0 Å². The molecule has 1 N–H and O–H groups in total. The van der Waals surface area contributed by atoms with Gasteiger partial charge in [0.1, 0.15) is 6.54 Å². The highest BCUT2D eigenvalue weighted by Crippen LogP contribution is 2.47. The molecule has 6 heteroatoms. The van der Waals surface area contributed by atoms with Crippen molar-refractivity contribution in [1.29, 1.82) is 0 Å². The minimum absolute atomic E-state index is 0.0377. The molecule has 1 amide bonds. The lowest BCUT2D eigenvalue weighted by Crippen LogP contribution is -2.34. The molecule has 1 fully saturated rings. The molecule has 0 heterocycles. The van der Waals surface area contributed by atoms with E-state index in [1.54, 1.807) is 0 Å². The van der Waals surface area contributed by atoms with E-state index in [0.717, 1.165) is 10.0 Å². The van der Waals surface area contributed by atoms with Crippen LogP contribution in [0.3, 0.4) is 0 Å². The third kappa shape index (κ3) is 3.48. The number of alkyl halides is 3. The number of rotatable bonds is 3. The number of hydrogen-bond donors (Lipinski definition) is 1. The Labute approximate surface area is 111 Å². The first-order chi connectivity index (χ1) is 8.37. The van der Waals surface area contributed by atoms with E-state index in [1.807, 2.05) is 29.6 Å². The molecule has 0 aromatic heterocycles. The molecule has 1 aromatic rings. The van der Waals surface area contributed by atoms with Gasteiger partial charge in [0.15, 0.2) is 0 Å². The molecule has 1 aliphatic rings. The number of benzene rings is 1. The molecule has 0 unspecified atom stereocenters. The average molecular weight is 322 g/mol. The average Bonchev–Trinajstić information content (AvgIpc) is 3.05. The fraction of sp³-hybridized carbons (Fsp3) is 0.417. The van der Waals surface area contributed by atoms with Crippen molar-refractivity contribution < 1.29 is 18.0 Å². The maximum Gasteiger partial charge on any atom is 0.405 e. The van der Waals surface area contributed by atoms with E-state index in [9.17, 15) is 18.0 Å². The van der Waals surface area contributed by atoms with E-state index in [4.69, 9.17) is 0 Å². The summed E-state index contributed by atoms with van der Waals surface area (Å²) in [5.74, 6) is -0.810. The van der Waals surface area contributed by atoms with E-state index >= 15 is 0 Å². The molecule has 98 valence electrons. The summed E-state index contributed by atoms with van der Waals surface area (Å²) in [5.41, 5.74) is 0.983. The lowest BCUT2D eigenvalue weighted by Gasteiger charge is -2.08. The van der Waals surface area contributed by atoms with Crippen molar-refractivity contribution in [2.24, 2.45) is 5.92 Å². The largest absolute Gasteiger partial charge is 0.405 e. The SMILES string of the molecule is O=C(NCC(F)(F)F)[C@H]1C[C@H]1c1cccc(Br)c1. The second kappa shape index (κ2) is 4.91. The highest BCUT2D eigenvalue weighted by molar-refractivity contribution is 9.10. The van der Waals surface area contributed by atoms with Crippen LogP contribution in [0.4, 0.5) is 13.2 Å². The Kier molecular flexibility index (Phi) is 3.66. The van der Waals surface area contributed by atoms with Crippen molar-refractivity contribution in [2.45, 2.75) is 18.5 Å². The van der Waals surface area contributed by atoms with Crippen LogP contribution in [0.15, 0.2) is 28.7 Å². The van der Waals surface area contributed by atoms with Gasteiger partial charge < -0.3 is 5.32 Å². The van der Waals surface area contributed by atoms with Gasteiger partial charge in [-0.3, -0.25) is 4.79 Å². The van der Waals surface area contributed by atoms with Crippen LogP contribution in [0.25, 0.3) is 0 Å². The van der Waals surface area contributed by atoms with E-state index in [2.05, 4.69) is 15.9 Å². The molecule has 1 aliphatic carbocycles. The third-order valence-electron chi connectivity index (χ3n) is 2.87. The third-order valence-corrected chi connectivity index (χ3v) is 3.36. The predicted molar refractivity (Wildman–Crippen MR) is 64.1 cm³/mol. The maximum absolute atomic E-state index is 12.0. The van der Waals surface area contributed by atoms with E-state index in [1.165, 1.54) is 0 Å². The van der Waals surface area contributed by atoms with Gasteiger partial charge in [0.25, 0.3) is 0 Å². The van der Waals surface area contributed by atoms with Gasteiger partial charge >= 0.3 is 6.18 Å². The Morgan fingerprint density at radius 2 is 2.17 bits per heavy atom. The van der Waals surface area contributed by atoms with E-state index in [-0.39, 0.29) is 11.8 Å². The minimum Gasteiger partial charge on any atom is -0.347 e. The fourth-order valence-electron chi connectivity index (χ4n) is 1.91. The second-order valence-electron chi connectivity index (χ2n) is 4.34. The summed E-state index contributed by atoms with van der Waals surface area (Å²) >= 11 is 3.32. The Hall–Kier alpha value is -1.04. The van der Waals surface area contributed by atoms with Crippen molar-refractivity contribution >= 4 is 21.8 Å². The first-order valence-electron chi connectivity index (χ1n) is 5.47. The summed E-state index contributed by atoms with van der Waals surface area (Å²) in [6.07, 6.45) is -3.74. The first kappa shape index (κ1) is 13.4. The molecule has 18 heavy (non-hydrogen) atoms. The molecular formula is C12H11BrF3NO. The predicted octanol–water partition coefficient (Wildman–Crippen LogP) is 3.23. The van der Waals surface area contributed by atoms with Crippen LogP contribution in [0.5, 0.6) is 0 Å². The Morgan fingerprint density at radius 1 is 1.44 bits per heavy atom. The van der Waals surface area contributed by atoms with Gasteiger partial charge in [-0.15, -0.1) is 0 Å². The molecule has 0 spiro atoms. The molecular weight excluding hydrogens is 311 g/mol.